The van der Waals surface area contributed by atoms with Gasteiger partial charge >= 0.3 is 11.9 Å². The molecule has 1 heterocycles. The maximum Gasteiger partial charge on any atom is 0.414 e. The second-order valence-electron chi connectivity index (χ2n) is 5.21. The lowest BCUT2D eigenvalue weighted by Gasteiger charge is -2.16. The van der Waals surface area contributed by atoms with Crippen LogP contribution in [0.5, 0.6) is 0 Å². The van der Waals surface area contributed by atoms with Crippen LogP contribution in [0.2, 0.25) is 0 Å². The highest BCUT2D eigenvalue weighted by Gasteiger charge is 2.18. The van der Waals surface area contributed by atoms with Gasteiger partial charge < -0.3 is 15.9 Å². The van der Waals surface area contributed by atoms with Crippen molar-refractivity contribution in [2.75, 3.05) is 6.54 Å². The van der Waals surface area contributed by atoms with Gasteiger partial charge in [-0.25, -0.2) is 23.4 Å². The zero-order chi connectivity index (χ0) is 21.1. The van der Waals surface area contributed by atoms with Gasteiger partial charge in [-0.3, -0.25) is 0 Å². The third-order valence-electron chi connectivity index (χ3n) is 3.26. The number of rotatable bonds is 6. The third-order valence-corrected chi connectivity index (χ3v) is 4.59. The molecule has 4 N–H and O–H groups in total. The number of hydrogen-bond donors (Lipinski definition) is 3. The number of pyridine rings is 1. The molecule has 2 rings (SSSR count). The van der Waals surface area contributed by atoms with Crippen molar-refractivity contribution in [3.8, 4) is 6.07 Å². The smallest absolute Gasteiger partial charge is 0.414 e. The lowest BCUT2D eigenvalue weighted by atomic mass is 10.1. The summed E-state index contributed by atoms with van der Waals surface area (Å²) in [6.07, 6.45) is -1.99. The Kier molecular flexibility index (Phi) is 9.56. The molecule has 28 heavy (non-hydrogen) atoms. The predicted molar refractivity (Wildman–Crippen MR) is 97.9 cm³/mol. The highest BCUT2D eigenvalue weighted by molar-refractivity contribution is 7.99. The Hall–Kier alpha value is -3.03. The van der Waals surface area contributed by atoms with Crippen molar-refractivity contribution >= 4 is 23.7 Å². The molecule has 0 aliphatic rings. The van der Waals surface area contributed by atoms with E-state index < -0.39 is 18.4 Å². The summed E-state index contributed by atoms with van der Waals surface area (Å²) >= 11 is 1.30. The number of aromatic nitrogens is 1. The minimum atomic E-state index is -2.66. The van der Waals surface area contributed by atoms with Crippen molar-refractivity contribution in [3.05, 3.63) is 59.3 Å². The number of aliphatic carboxylic acids is 2. The molecule has 0 aliphatic carbocycles. The highest BCUT2D eigenvalue weighted by atomic mass is 32.2. The standard InChI is InChI=1S/C16H15F2N3S.C2H2O4/c17-15(18)13-7-6-12(10-20)16(21-13)22-14(8-9-19)11-4-2-1-3-5-11;3-1(4)2(5)6/h1-7,14-15H,8-9,19H2;(H,3,4)(H,5,6)/t14-;/m1./s1. The summed E-state index contributed by atoms with van der Waals surface area (Å²) < 4.78 is 25.6. The Labute approximate surface area is 163 Å². The van der Waals surface area contributed by atoms with Crippen LogP contribution in [0.25, 0.3) is 0 Å². The zero-order valence-corrected chi connectivity index (χ0v) is 15.3. The van der Waals surface area contributed by atoms with Crippen molar-refractivity contribution in [1.29, 1.82) is 5.26 Å². The van der Waals surface area contributed by atoms with E-state index in [2.05, 4.69) is 4.98 Å². The number of carboxylic acids is 2. The first-order valence-corrected chi connectivity index (χ1v) is 8.75. The largest absolute Gasteiger partial charge is 0.473 e. The number of carboxylic acid groups (broad SMARTS) is 2. The molecule has 0 aliphatic heterocycles. The second kappa shape index (κ2) is 11.6. The molecule has 0 amide bonds. The summed E-state index contributed by atoms with van der Waals surface area (Å²) in [4.78, 5) is 22.1. The van der Waals surface area contributed by atoms with E-state index in [1.165, 1.54) is 23.9 Å². The van der Waals surface area contributed by atoms with E-state index in [0.717, 1.165) is 5.56 Å². The number of nitriles is 1. The van der Waals surface area contributed by atoms with Crippen LogP contribution in [-0.2, 0) is 9.59 Å². The van der Waals surface area contributed by atoms with Gasteiger partial charge in [0.15, 0.2) is 0 Å². The zero-order valence-electron chi connectivity index (χ0n) is 14.5. The second-order valence-corrected chi connectivity index (χ2v) is 6.40. The van der Waals surface area contributed by atoms with Gasteiger partial charge in [-0.05, 0) is 30.7 Å². The Bertz CT molecular complexity index is 832. The molecule has 0 bridgehead atoms. The van der Waals surface area contributed by atoms with Gasteiger partial charge in [-0.2, -0.15) is 5.26 Å². The molecule has 2 aromatic rings. The van der Waals surface area contributed by atoms with Gasteiger partial charge in [0.2, 0.25) is 0 Å². The van der Waals surface area contributed by atoms with E-state index >= 15 is 0 Å². The Balaban J connectivity index is 0.000000568. The molecule has 0 unspecified atom stereocenters. The van der Waals surface area contributed by atoms with Gasteiger partial charge in [0.05, 0.1) is 5.56 Å². The van der Waals surface area contributed by atoms with E-state index in [4.69, 9.17) is 30.8 Å². The van der Waals surface area contributed by atoms with Crippen LogP contribution in [0.1, 0.15) is 34.9 Å². The van der Waals surface area contributed by atoms with Crippen molar-refractivity contribution in [2.24, 2.45) is 5.73 Å². The summed E-state index contributed by atoms with van der Waals surface area (Å²) in [6.45, 7) is 0.461. The number of hydrogen-bond acceptors (Lipinski definition) is 6. The number of carbonyl (C=O) groups is 2. The minimum Gasteiger partial charge on any atom is -0.473 e. The fraction of sp³-hybridized carbons (Fsp3) is 0.222. The highest BCUT2D eigenvalue weighted by Crippen LogP contribution is 2.38. The van der Waals surface area contributed by atoms with Gasteiger partial charge in [-0.15, -0.1) is 0 Å². The first-order chi connectivity index (χ1) is 13.3. The number of thioether (sulfide) groups is 1. The molecule has 0 radical (unpaired) electrons. The van der Waals surface area contributed by atoms with Crippen molar-refractivity contribution < 1.29 is 28.6 Å². The molecule has 0 saturated carbocycles. The molecule has 1 aromatic carbocycles. The predicted octanol–water partition coefficient (Wildman–Crippen LogP) is 3.23. The molecule has 148 valence electrons. The summed E-state index contributed by atoms with van der Waals surface area (Å²) in [7, 11) is 0. The van der Waals surface area contributed by atoms with E-state index in [0.29, 0.717) is 23.6 Å². The summed E-state index contributed by atoms with van der Waals surface area (Å²) in [5.74, 6) is -3.65. The summed E-state index contributed by atoms with van der Waals surface area (Å²) in [5, 5.41) is 24.2. The molecule has 7 nitrogen and oxygen atoms in total. The van der Waals surface area contributed by atoms with Crippen LogP contribution < -0.4 is 5.73 Å². The van der Waals surface area contributed by atoms with E-state index in [1.807, 2.05) is 36.4 Å². The summed E-state index contributed by atoms with van der Waals surface area (Å²) in [5.41, 5.74) is 6.66. The van der Waals surface area contributed by atoms with E-state index in [1.54, 1.807) is 0 Å². The van der Waals surface area contributed by atoms with Crippen molar-refractivity contribution in [1.82, 2.24) is 4.98 Å². The fourth-order valence-corrected chi connectivity index (χ4v) is 3.21. The monoisotopic (exact) mass is 409 g/mol. The van der Waals surface area contributed by atoms with Crippen LogP contribution in [0.3, 0.4) is 0 Å². The van der Waals surface area contributed by atoms with Crippen LogP contribution >= 0.6 is 11.8 Å². The number of nitrogens with two attached hydrogens (primary N) is 1. The van der Waals surface area contributed by atoms with Gasteiger partial charge in [-0.1, -0.05) is 42.1 Å². The summed E-state index contributed by atoms with van der Waals surface area (Å²) in [6, 6.07) is 14.2. The van der Waals surface area contributed by atoms with Crippen molar-refractivity contribution in [2.45, 2.75) is 23.1 Å². The van der Waals surface area contributed by atoms with Crippen LogP contribution in [0.15, 0.2) is 47.5 Å². The van der Waals surface area contributed by atoms with Gasteiger partial charge in [0.25, 0.3) is 6.43 Å². The average Bonchev–Trinajstić information content (AvgIpc) is 2.68. The quantitative estimate of drug-likeness (QED) is 0.488. The normalized spacial score (nSPS) is 11.1. The van der Waals surface area contributed by atoms with Crippen LogP contribution in [0, 0.1) is 11.3 Å². The molecule has 1 aromatic heterocycles. The number of benzene rings is 1. The maximum absolute atomic E-state index is 12.8. The molecule has 1 atom stereocenters. The lowest BCUT2D eigenvalue weighted by molar-refractivity contribution is -0.159. The van der Waals surface area contributed by atoms with Gasteiger partial charge in [0, 0.05) is 5.25 Å². The average molecular weight is 409 g/mol. The third kappa shape index (κ3) is 7.30. The SMILES string of the molecule is N#Cc1ccc(C(F)F)nc1S[C@H](CCN)c1ccccc1.O=C(O)C(=O)O. The lowest BCUT2D eigenvalue weighted by Crippen LogP contribution is -2.09. The maximum atomic E-state index is 12.8. The molecule has 0 spiro atoms. The van der Waals surface area contributed by atoms with Crippen molar-refractivity contribution in [3.63, 3.8) is 0 Å². The first kappa shape index (κ1) is 23.0. The molecular weight excluding hydrogens is 392 g/mol. The first-order valence-electron chi connectivity index (χ1n) is 7.87. The number of alkyl halides is 2. The fourth-order valence-electron chi connectivity index (χ4n) is 2.00. The molecule has 10 heteroatoms. The van der Waals surface area contributed by atoms with Gasteiger partial charge in [0.1, 0.15) is 16.8 Å². The van der Waals surface area contributed by atoms with E-state index in [9.17, 15) is 8.78 Å². The Morgan fingerprint density at radius 2 is 1.75 bits per heavy atom. The topological polar surface area (TPSA) is 137 Å². The Morgan fingerprint density at radius 1 is 1.14 bits per heavy atom. The number of halogens is 2. The minimum absolute atomic E-state index is 0.0290. The van der Waals surface area contributed by atoms with Crippen LogP contribution in [0.4, 0.5) is 8.78 Å². The molecule has 0 saturated heterocycles. The molecule has 0 fully saturated rings. The van der Waals surface area contributed by atoms with E-state index in [-0.39, 0.29) is 10.9 Å². The molecular formula is C18H17F2N3O4S. The number of nitrogens with zero attached hydrogens (tertiary/aromatic N) is 2. The van der Waals surface area contributed by atoms with Crippen LogP contribution in [-0.4, -0.2) is 33.7 Å². The Morgan fingerprint density at radius 3 is 2.21 bits per heavy atom.